The minimum absolute atomic E-state index is 0.385. The van der Waals surface area contributed by atoms with Crippen LogP contribution in [-0.4, -0.2) is 41.0 Å². The molecule has 0 fully saturated rings. The number of halogens is 2. The molecule has 0 aliphatic carbocycles. The van der Waals surface area contributed by atoms with E-state index in [1.807, 2.05) is 13.2 Å². The van der Waals surface area contributed by atoms with Crippen LogP contribution < -0.4 is 5.32 Å². The molecule has 0 aliphatic rings. The summed E-state index contributed by atoms with van der Waals surface area (Å²) in [7, 11) is 0. The Labute approximate surface area is 168 Å². The molecule has 3 aromatic heterocycles. The molecular formula is C16H12Cl2N8S. The maximum Gasteiger partial charge on any atom is 0.272 e. The third-order valence-electron chi connectivity index (χ3n) is 3.67. The van der Waals surface area contributed by atoms with Crippen LogP contribution in [0.15, 0.2) is 35.6 Å². The summed E-state index contributed by atoms with van der Waals surface area (Å²) >= 11 is 13.5. The first-order valence-electron chi connectivity index (χ1n) is 7.74. The molecule has 0 saturated heterocycles. The highest BCUT2D eigenvalue weighted by molar-refractivity contribution is 7.98. The summed E-state index contributed by atoms with van der Waals surface area (Å²) < 4.78 is 1.65. The number of anilines is 2. The van der Waals surface area contributed by atoms with Gasteiger partial charge in [-0.15, -0.1) is 15.3 Å². The minimum Gasteiger partial charge on any atom is -0.324 e. The van der Waals surface area contributed by atoms with E-state index in [4.69, 9.17) is 23.2 Å². The van der Waals surface area contributed by atoms with E-state index in [0.29, 0.717) is 44.0 Å². The third-order valence-corrected chi connectivity index (χ3v) is 4.64. The lowest BCUT2D eigenvalue weighted by molar-refractivity contribution is 0.824. The van der Waals surface area contributed by atoms with Gasteiger partial charge in [-0.05, 0) is 37.4 Å². The van der Waals surface area contributed by atoms with Crippen molar-refractivity contribution in [3.63, 3.8) is 0 Å². The molecule has 27 heavy (non-hydrogen) atoms. The SMILES string of the molecule is CSc1nc2nnc(-c3ccnc(Nc4cc(Cl)cc(Cl)c4)n3)c(C)n2n1. The Balaban J connectivity index is 1.72. The maximum atomic E-state index is 6.03. The van der Waals surface area contributed by atoms with Crippen LogP contribution in [0.1, 0.15) is 5.69 Å². The predicted molar refractivity (Wildman–Crippen MR) is 106 cm³/mol. The summed E-state index contributed by atoms with van der Waals surface area (Å²) in [6, 6.07) is 6.88. The van der Waals surface area contributed by atoms with E-state index in [1.165, 1.54) is 11.8 Å². The second kappa shape index (κ2) is 7.26. The molecule has 3 heterocycles. The lowest BCUT2D eigenvalue weighted by atomic mass is 10.2. The molecule has 0 unspecified atom stereocenters. The fraction of sp³-hybridized carbons (Fsp3) is 0.125. The summed E-state index contributed by atoms with van der Waals surface area (Å²) in [4.78, 5) is 13.0. The van der Waals surface area contributed by atoms with Crippen molar-refractivity contribution < 1.29 is 0 Å². The zero-order valence-electron chi connectivity index (χ0n) is 14.2. The van der Waals surface area contributed by atoms with E-state index in [1.54, 1.807) is 35.0 Å². The molecule has 0 amide bonds. The second-order valence-electron chi connectivity index (χ2n) is 5.49. The van der Waals surface area contributed by atoms with Gasteiger partial charge in [0.1, 0.15) is 5.69 Å². The van der Waals surface area contributed by atoms with Crippen molar-refractivity contribution in [3.05, 3.63) is 46.2 Å². The number of aromatic nitrogens is 7. The van der Waals surface area contributed by atoms with Gasteiger partial charge in [0.05, 0.1) is 11.4 Å². The predicted octanol–water partition coefficient (Wildman–Crippen LogP) is 4.06. The number of nitrogens with zero attached hydrogens (tertiary/aromatic N) is 7. The Morgan fingerprint density at radius 1 is 1.07 bits per heavy atom. The average Bonchev–Trinajstić information content (AvgIpc) is 3.06. The fourth-order valence-corrected chi connectivity index (χ4v) is 3.33. The summed E-state index contributed by atoms with van der Waals surface area (Å²) in [5.41, 5.74) is 2.66. The van der Waals surface area contributed by atoms with Gasteiger partial charge in [0.25, 0.3) is 5.78 Å². The Bertz CT molecular complexity index is 1130. The number of benzene rings is 1. The van der Waals surface area contributed by atoms with Gasteiger partial charge in [-0.25, -0.2) is 9.97 Å². The topological polar surface area (TPSA) is 93.8 Å². The van der Waals surface area contributed by atoms with E-state index in [0.717, 1.165) is 5.69 Å². The number of thioether (sulfide) groups is 1. The van der Waals surface area contributed by atoms with Gasteiger partial charge < -0.3 is 5.32 Å². The Morgan fingerprint density at radius 3 is 2.59 bits per heavy atom. The Morgan fingerprint density at radius 2 is 1.85 bits per heavy atom. The number of nitrogens with one attached hydrogen (secondary N) is 1. The van der Waals surface area contributed by atoms with Crippen molar-refractivity contribution >= 4 is 52.4 Å². The highest BCUT2D eigenvalue weighted by Crippen LogP contribution is 2.25. The minimum atomic E-state index is 0.385. The maximum absolute atomic E-state index is 6.03. The number of hydrogen-bond donors (Lipinski definition) is 1. The Kier molecular flexibility index (Phi) is 4.81. The molecule has 11 heteroatoms. The van der Waals surface area contributed by atoms with Crippen LogP contribution in [0, 0.1) is 6.92 Å². The average molecular weight is 419 g/mol. The van der Waals surface area contributed by atoms with E-state index in [-0.39, 0.29) is 0 Å². The zero-order valence-corrected chi connectivity index (χ0v) is 16.5. The van der Waals surface area contributed by atoms with Crippen LogP contribution in [-0.2, 0) is 0 Å². The Hall–Kier alpha value is -2.49. The number of hydrogen-bond acceptors (Lipinski definition) is 8. The fourth-order valence-electron chi connectivity index (χ4n) is 2.47. The quantitative estimate of drug-likeness (QED) is 0.495. The van der Waals surface area contributed by atoms with Gasteiger partial charge in [0.15, 0.2) is 0 Å². The summed E-state index contributed by atoms with van der Waals surface area (Å²) in [6.45, 7) is 1.89. The van der Waals surface area contributed by atoms with E-state index < -0.39 is 0 Å². The molecule has 4 aromatic rings. The first-order valence-corrected chi connectivity index (χ1v) is 9.72. The largest absolute Gasteiger partial charge is 0.324 e. The summed E-state index contributed by atoms with van der Waals surface area (Å²) in [6.07, 6.45) is 3.54. The molecule has 136 valence electrons. The third kappa shape index (κ3) is 3.66. The standard InChI is InChI=1S/C16H12Cl2N8S/c1-8-13(23-24-15-22-16(27-2)25-26(8)15)12-3-4-19-14(21-12)20-11-6-9(17)5-10(18)7-11/h3-7H,1-2H3,(H,19,20,21). The molecule has 1 aromatic carbocycles. The molecule has 0 atom stereocenters. The smallest absolute Gasteiger partial charge is 0.272 e. The van der Waals surface area contributed by atoms with Crippen molar-refractivity contribution in [2.75, 3.05) is 11.6 Å². The normalized spacial score (nSPS) is 11.1. The first-order chi connectivity index (χ1) is 13.0. The van der Waals surface area contributed by atoms with Crippen LogP contribution in [0.3, 0.4) is 0 Å². The van der Waals surface area contributed by atoms with Crippen LogP contribution in [0.25, 0.3) is 17.2 Å². The van der Waals surface area contributed by atoms with Gasteiger partial charge in [-0.2, -0.15) is 9.50 Å². The van der Waals surface area contributed by atoms with Crippen LogP contribution in [0.2, 0.25) is 10.0 Å². The molecule has 0 spiro atoms. The van der Waals surface area contributed by atoms with Gasteiger partial charge in [-0.3, -0.25) is 0 Å². The highest BCUT2D eigenvalue weighted by atomic mass is 35.5. The highest BCUT2D eigenvalue weighted by Gasteiger charge is 2.14. The van der Waals surface area contributed by atoms with Crippen molar-refractivity contribution in [2.45, 2.75) is 12.1 Å². The van der Waals surface area contributed by atoms with Gasteiger partial charge in [0.2, 0.25) is 11.1 Å². The van der Waals surface area contributed by atoms with Gasteiger partial charge in [-0.1, -0.05) is 35.0 Å². The zero-order chi connectivity index (χ0) is 19.0. The lowest BCUT2D eigenvalue weighted by Crippen LogP contribution is -2.05. The van der Waals surface area contributed by atoms with Crippen molar-refractivity contribution in [1.82, 2.24) is 34.8 Å². The van der Waals surface area contributed by atoms with E-state index >= 15 is 0 Å². The van der Waals surface area contributed by atoms with E-state index in [2.05, 4.69) is 35.6 Å². The number of fused-ring (bicyclic) bond motifs is 1. The molecule has 1 N–H and O–H groups in total. The van der Waals surface area contributed by atoms with Crippen molar-refractivity contribution in [1.29, 1.82) is 0 Å². The summed E-state index contributed by atoms with van der Waals surface area (Å²) in [5.74, 6) is 0.831. The van der Waals surface area contributed by atoms with Crippen molar-refractivity contribution in [2.24, 2.45) is 0 Å². The van der Waals surface area contributed by atoms with Gasteiger partial charge in [0, 0.05) is 21.9 Å². The molecule has 0 saturated carbocycles. The number of rotatable bonds is 4. The van der Waals surface area contributed by atoms with Crippen molar-refractivity contribution in [3.8, 4) is 11.4 Å². The lowest BCUT2D eigenvalue weighted by Gasteiger charge is -2.08. The molecule has 0 aliphatic heterocycles. The monoisotopic (exact) mass is 418 g/mol. The molecule has 0 radical (unpaired) electrons. The van der Waals surface area contributed by atoms with Gasteiger partial charge >= 0.3 is 0 Å². The second-order valence-corrected chi connectivity index (χ2v) is 7.14. The molecule has 0 bridgehead atoms. The molecular weight excluding hydrogens is 407 g/mol. The number of aryl methyl sites for hydroxylation is 1. The molecule has 4 rings (SSSR count). The van der Waals surface area contributed by atoms with E-state index in [9.17, 15) is 0 Å². The van der Waals surface area contributed by atoms with Crippen LogP contribution in [0.5, 0.6) is 0 Å². The van der Waals surface area contributed by atoms with Crippen LogP contribution >= 0.6 is 35.0 Å². The van der Waals surface area contributed by atoms with Crippen LogP contribution in [0.4, 0.5) is 11.6 Å². The molecule has 8 nitrogen and oxygen atoms in total. The first kappa shape index (κ1) is 17.9. The summed E-state index contributed by atoms with van der Waals surface area (Å²) in [5, 5.41) is 17.6.